The van der Waals surface area contributed by atoms with E-state index in [1.807, 2.05) is 6.07 Å². The lowest BCUT2D eigenvalue weighted by Crippen LogP contribution is -2.30. The maximum atomic E-state index is 12.4. The molecule has 3 aromatic rings. The summed E-state index contributed by atoms with van der Waals surface area (Å²) < 4.78 is 18.6. The summed E-state index contributed by atoms with van der Waals surface area (Å²) in [5, 5.41) is 7.06. The van der Waals surface area contributed by atoms with Gasteiger partial charge in [0.25, 0.3) is 0 Å². The molecule has 1 N–H and O–H groups in total. The number of carbonyl (C=O) groups is 1. The summed E-state index contributed by atoms with van der Waals surface area (Å²) in [6.45, 7) is 0.459. The molecular weight excluding hydrogens is 414 g/mol. The maximum absolute atomic E-state index is 12.4. The molecular formula is C22H25N5O5. The van der Waals surface area contributed by atoms with Crippen molar-refractivity contribution in [3.05, 3.63) is 58.7 Å². The summed E-state index contributed by atoms with van der Waals surface area (Å²) in [7, 11) is 6.21. The van der Waals surface area contributed by atoms with Gasteiger partial charge in [0.15, 0.2) is 17.3 Å². The minimum absolute atomic E-state index is 0.225. The molecule has 2 aromatic heterocycles. The van der Waals surface area contributed by atoms with Crippen LogP contribution in [0.5, 0.6) is 17.2 Å². The number of nitrogens with zero attached hydrogens (tertiary/aromatic N) is 4. The number of rotatable bonds is 9. The Kier molecular flexibility index (Phi) is 7.27. The van der Waals surface area contributed by atoms with Crippen LogP contribution in [0.15, 0.2) is 47.4 Å². The van der Waals surface area contributed by atoms with Gasteiger partial charge in [-0.2, -0.15) is 0 Å². The topological polar surface area (TPSA) is 110 Å². The first-order valence-corrected chi connectivity index (χ1v) is 9.79. The van der Waals surface area contributed by atoms with E-state index in [1.165, 1.54) is 36.7 Å². The van der Waals surface area contributed by atoms with Gasteiger partial charge in [-0.25, -0.2) is 9.48 Å². The number of carbonyl (C=O) groups excluding carboxylic acids is 1. The minimum atomic E-state index is -0.312. The second kappa shape index (κ2) is 10.3. The smallest absolute Gasteiger partial charge is 0.346 e. The number of aromatic nitrogens is 4. The number of benzene rings is 1. The van der Waals surface area contributed by atoms with Gasteiger partial charge in [-0.05, 0) is 35.9 Å². The molecule has 0 aliphatic rings. The molecule has 0 spiro atoms. The third-order valence-corrected chi connectivity index (χ3v) is 4.67. The SMILES string of the molecule is COc1cc(/C=C/C(=O)NCCn2nc(-c3ccccn3)n(C)c2=O)cc(OC)c1OC. The van der Waals surface area contributed by atoms with Gasteiger partial charge in [-0.15, -0.1) is 5.10 Å². The van der Waals surface area contributed by atoms with Crippen LogP contribution >= 0.6 is 0 Å². The Morgan fingerprint density at radius 2 is 1.84 bits per heavy atom. The van der Waals surface area contributed by atoms with Crippen LogP contribution in [0.1, 0.15) is 5.56 Å². The van der Waals surface area contributed by atoms with Crippen molar-refractivity contribution < 1.29 is 19.0 Å². The standard InChI is InChI=1S/C22H25N5O5/c1-26-21(16-7-5-6-10-23-16)25-27(22(26)29)12-11-24-19(28)9-8-15-13-17(30-2)20(32-4)18(14-15)31-3/h5-10,13-14H,11-12H2,1-4H3,(H,24,28)/b9-8+. The number of nitrogens with one attached hydrogen (secondary N) is 1. The highest BCUT2D eigenvalue weighted by atomic mass is 16.5. The molecule has 10 heteroatoms. The molecule has 10 nitrogen and oxygen atoms in total. The molecule has 1 aromatic carbocycles. The number of hydrogen-bond acceptors (Lipinski definition) is 7. The molecule has 0 saturated heterocycles. The Bertz CT molecular complexity index is 1140. The maximum Gasteiger partial charge on any atom is 0.346 e. The summed E-state index contributed by atoms with van der Waals surface area (Å²) in [5.41, 5.74) is 1.02. The van der Waals surface area contributed by atoms with Crippen LogP contribution in [0.25, 0.3) is 17.6 Å². The summed E-state index contributed by atoms with van der Waals surface area (Å²) in [6, 6.07) is 8.86. The van der Waals surface area contributed by atoms with Gasteiger partial charge < -0.3 is 19.5 Å². The molecule has 0 radical (unpaired) electrons. The van der Waals surface area contributed by atoms with E-state index in [-0.39, 0.29) is 24.7 Å². The average Bonchev–Trinajstić information content (AvgIpc) is 3.11. The molecule has 3 rings (SSSR count). The number of methoxy groups -OCH3 is 3. The fourth-order valence-electron chi connectivity index (χ4n) is 3.07. The summed E-state index contributed by atoms with van der Waals surface area (Å²) in [5.74, 6) is 1.61. The van der Waals surface area contributed by atoms with E-state index in [2.05, 4.69) is 15.4 Å². The van der Waals surface area contributed by atoms with E-state index in [9.17, 15) is 9.59 Å². The van der Waals surface area contributed by atoms with Crippen LogP contribution in [0.3, 0.4) is 0 Å². The van der Waals surface area contributed by atoms with Crippen molar-refractivity contribution in [1.82, 2.24) is 24.6 Å². The lowest BCUT2D eigenvalue weighted by atomic mass is 10.1. The normalized spacial score (nSPS) is 10.9. The highest BCUT2D eigenvalue weighted by Crippen LogP contribution is 2.38. The Morgan fingerprint density at radius 1 is 1.12 bits per heavy atom. The first-order chi connectivity index (χ1) is 15.5. The number of amides is 1. The number of ether oxygens (including phenoxy) is 3. The van der Waals surface area contributed by atoms with Crippen LogP contribution in [0.2, 0.25) is 0 Å². The van der Waals surface area contributed by atoms with Crippen molar-refractivity contribution in [2.75, 3.05) is 27.9 Å². The third kappa shape index (κ3) is 4.97. The fraction of sp³-hybridized carbons (Fsp3) is 0.273. The number of hydrogen-bond donors (Lipinski definition) is 1. The monoisotopic (exact) mass is 439 g/mol. The van der Waals surface area contributed by atoms with E-state index in [4.69, 9.17) is 14.2 Å². The van der Waals surface area contributed by atoms with E-state index < -0.39 is 0 Å². The second-order valence-electron chi connectivity index (χ2n) is 6.69. The highest BCUT2D eigenvalue weighted by molar-refractivity contribution is 5.91. The predicted molar refractivity (Wildman–Crippen MR) is 119 cm³/mol. The Hall–Kier alpha value is -4.08. The van der Waals surface area contributed by atoms with Crippen molar-refractivity contribution in [3.8, 4) is 28.8 Å². The molecule has 0 unspecified atom stereocenters. The van der Waals surface area contributed by atoms with Gasteiger partial charge in [0.1, 0.15) is 5.69 Å². The molecule has 2 heterocycles. The zero-order chi connectivity index (χ0) is 23.1. The van der Waals surface area contributed by atoms with Gasteiger partial charge in [0.2, 0.25) is 11.7 Å². The fourth-order valence-corrected chi connectivity index (χ4v) is 3.07. The average molecular weight is 439 g/mol. The van der Waals surface area contributed by atoms with Crippen molar-refractivity contribution in [1.29, 1.82) is 0 Å². The summed E-state index contributed by atoms with van der Waals surface area (Å²) in [6.07, 6.45) is 4.66. The van der Waals surface area contributed by atoms with Gasteiger partial charge >= 0.3 is 5.69 Å². The molecule has 0 aliphatic carbocycles. The molecule has 32 heavy (non-hydrogen) atoms. The Morgan fingerprint density at radius 3 is 2.44 bits per heavy atom. The van der Waals surface area contributed by atoms with E-state index >= 15 is 0 Å². The Balaban J connectivity index is 1.63. The van der Waals surface area contributed by atoms with Crippen molar-refractivity contribution >= 4 is 12.0 Å². The van der Waals surface area contributed by atoms with Crippen LogP contribution in [0, 0.1) is 0 Å². The first kappa shape index (κ1) is 22.6. The van der Waals surface area contributed by atoms with Crippen LogP contribution in [-0.4, -0.2) is 53.1 Å². The first-order valence-electron chi connectivity index (χ1n) is 9.79. The zero-order valence-corrected chi connectivity index (χ0v) is 18.4. The second-order valence-corrected chi connectivity index (χ2v) is 6.69. The molecule has 0 aliphatic heterocycles. The largest absolute Gasteiger partial charge is 0.493 e. The van der Waals surface area contributed by atoms with Crippen LogP contribution in [0.4, 0.5) is 0 Å². The molecule has 0 bridgehead atoms. The quantitative estimate of drug-likeness (QED) is 0.503. The van der Waals surface area contributed by atoms with Gasteiger partial charge in [0, 0.05) is 25.9 Å². The molecule has 1 amide bonds. The lowest BCUT2D eigenvalue weighted by molar-refractivity contribution is -0.116. The third-order valence-electron chi connectivity index (χ3n) is 4.67. The molecule has 0 fully saturated rings. The molecule has 0 atom stereocenters. The van der Waals surface area contributed by atoms with E-state index in [0.717, 1.165) is 0 Å². The van der Waals surface area contributed by atoms with E-state index in [0.29, 0.717) is 34.3 Å². The Labute approximate surface area is 185 Å². The van der Waals surface area contributed by atoms with Crippen molar-refractivity contribution in [2.45, 2.75) is 6.54 Å². The highest BCUT2D eigenvalue weighted by Gasteiger charge is 2.13. The van der Waals surface area contributed by atoms with Gasteiger partial charge in [-0.3, -0.25) is 14.3 Å². The zero-order valence-electron chi connectivity index (χ0n) is 18.4. The lowest BCUT2D eigenvalue weighted by Gasteiger charge is -2.12. The van der Waals surface area contributed by atoms with Crippen molar-refractivity contribution in [2.24, 2.45) is 7.05 Å². The van der Waals surface area contributed by atoms with Gasteiger partial charge in [-0.1, -0.05) is 6.07 Å². The van der Waals surface area contributed by atoms with E-state index in [1.54, 1.807) is 43.6 Å². The number of pyridine rings is 1. The van der Waals surface area contributed by atoms with Crippen molar-refractivity contribution in [3.63, 3.8) is 0 Å². The molecule has 168 valence electrons. The van der Waals surface area contributed by atoms with Gasteiger partial charge in [0.05, 0.1) is 27.9 Å². The molecule has 0 saturated carbocycles. The minimum Gasteiger partial charge on any atom is -0.493 e. The van der Waals surface area contributed by atoms with Crippen LogP contribution < -0.4 is 25.2 Å². The van der Waals surface area contributed by atoms with Crippen LogP contribution in [-0.2, 0) is 18.4 Å². The summed E-state index contributed by atoms with van der Waals surface area (Å²) in [4.78, 5) is 28.8. The summed E-state index contributed by atoms with van der Waals surface area (Å²) >= 11 is 0. The predicted octanol–water partition coefficient (Wildman–Crippen LogP) is 1.50.